The number of benzene rings is 4. The minimum Gasteiger partial charge on any atom is -0.129 e. The maximum absolute atomic E-state index is 2.38. The third kappa shape index (κ3) is 6.39. The van der Waals surface area contributed by atoms with Crippen LogP contribution >= 0.6 is 11.8 Å². The predicted molar refractivity (Wildman–Crippen MR) is 145 cm³/mol. The smallest absolute Gasteiger partial charge is 0.0107 e. The minimum absolute atomic E-state index is 0.977. The summed E-state index contributed by atoms with van der Waals surface area (Å²) in [4.78, 5) is 1.39. The summed E-state index contributed by atoms with van der Waals surface area (Å²) in [6, 6.07) is 34.2. The van der Waals surface area contributed by atoms with E-state index in [0.29, 0.717) is 0 Å². The molecule has 0 saturated carbocycles. The summed E-state index contributed by atoms with van der Waals surface area (Å²) in [5.74, 6) is 0. The van der Waals surface area contributed by atoms with Gasteiger partial charge in [-0.25, -0.2) is 0 Å². The molecule has 0 amide bonds. The van der Waals surface area contributed by atoms with Crippen LogP contribution in [0.2, 0.25) is 0 Å². The van der Waals surface area contributed by atoms with Crippen molar-refractivity contribution >= 4 is 11.8 Å². The fraction of sp³-hybridized carbons (Fsp3) is 0.250. The van der Waals surface area contributed by atoms with E-state index in [1.165, 1.54) is 49.4 Å². The summed E-state index contributed by atoms with van der Waals surface area (Å²) in [5.41, 5.74) is 11.1. The molecule has 0 nitrogen and oxygen atoms in total. The lowest BCUT2D eigenvalue weighted by molar-refractivity contribution is 1.08. The molecule has 4 rings (SSSR count). The van der Waals surface area contributed by atoms with E-state index >= 15 is 0 Å². The average Bonchev–Trinajstić information content (AvgIpc) is 2.87. The van der Waals surface area contributed by atoms with Crippen LogP contribution in [0.5, 0.6) is 0 Å². The molecule has 4 aromatic rings. The van der Waals surface area contributed by atoms with Crippen molar-refractivity contribution in [2.24, 2.45) is 0 Å². The van der Waals surface area contributed by atoms with Crippen LogP contribution in [0, 0.1) is 0 Å². The first-order chi connectivity index (χ1) is 16.2. The van der Waals surface area contributed by atoms with Crippen molar-refractivity contribution in [1.29, 1.82) is 0 Å². The first-order valence-electron chi connectivity index (χ1n) is 12.1. The molecule has 0 radical (unpaired) electrons. The topological polar surface area (TPSA) is 0 Å². The second kappa shape index (κ2) is 11.4. The van der Waals surface area contributed by atoms with Crippen LogP contribution in [0.1, 0.15) is 58.4 Å². The molecule has 4 aromatic carbocycles. The van der Waals surface area contributed by atoms with E-state index in [1.54, 1.807) is 0 Å². The Morgan fingerprint density at radius 3 is 1.24 bits per heavy atom. The predicted octanol–water partition coefficient (Wildman–Crippen LogP) is 8.31. The fourth-order valence-corrected chi connectivity index (χ4v) is 4.97. The molecule has 0 atom stereocenters. The van der Waals surface area contributed by atoms with E-state index in [0.717, 1.165) is 32.1 Å². The second-order valence-electron chi connectivity index (χ2n) is 8.83. The summed E-state index contributed by atoms with van der Waals surface area (Å²) in [6.07, 6.45) is 7.34. The molecule has 0 spiro atoms. The van der Waals surface area contributed by atoms with Gasteiger partial charge in [-0.15, -0.1) is 11.8 Å². The molecule has 0 bridgehead atoms. The Kier molecular flexibility index (Phi) is 8.07. The summed E-state index contributed by atoms with van der Waals surface area (Å²) >= 11 is 1.85. The van der Waals surface area contributed by atoms with Crippen molar-refractivity contribution in [2.45, 2.75) is 50.8 Å². The van der Waals surface area contributed by atoms with Crippen molar-refractivity contribution in [3.05, 3.63) is 136 Å². The average molecular weight is 451 g/mol. The lowest BCUT2D eigenvalue weighted by atomic mass is 9.98. The number of thioether (sulfide) groups is 1. The zero-order chi connectivity index (χ0) is 23.0. The van der Waals surface area contributed by atoms with E-state index < -0.39 is 0 Å². The third-order valence-electron chi connectivity index (χ3n) is 6.45. The Balaban J connectivity index is 1.41. The van der Waals surface area contributed by atoms with Gasteiger partial charge in [0.05, 0.1) is 0 Å². The molecule has 0 N–H and O–H groups in total. The highest BCUT2D eigenvalue weighted by atomic mass is 32.2. The molecular formula is C32H34S. The van der Waals surface area contributed by atoms with Gasteiger partial charge in [-0.3, -0.25) is 0 Å². The van der Waals surface area contributed by atoms with Gasteiger partial charge < -0.3 is 0 Å². The van der Waals surface area contributed by atoms with Crippen molar-refractivity contribution in [1.82, 2.24) is 0 Å². The Labute approximate surface area is 204 Å². The van der Waals surface area contributed by atoms with Gasteiger partial charge in [0.15, 0.2) is 0 Å². The van der Waals surface area contributed by atoms with E-state index in [1.807, 2.05) is 11.8 Å². The summed E-state index contributed by atoms with van der Waals surface area (Å²) in [7, 11) is 0. The maximum Gasteiger partial charge on any atom is 0.0107 e. The number of hydrogen-bond acceptors (Lipinski definition) is 1. The zero-order valence-electron chi connectivity index (χ0n) is 20.1. The zero-order valence-corrected chi connectivity index (χ0v) is 20.9. The molecule has 0 aliphatic carbocycles. The van der Waals surface area contributed by atoms with Gasteiger partial charge in [0.2, 0.25) is 0 Å². The fourth-order valence-electron chi connectivity index (χ4n) is 4.30. The molecule has 168 valence electrons. The van der Waals surface area contributed by atoms with E-state index in [4.69, 9.17) is 0 Å². The van der Waals surface area contributed by atoms with Gasteiger partial charge in [0.25, 0.3) is 0 Å². The molecular weight excluding hydrogens is 416 g/mol. The number of rotatable bonds is 9. The molecule has 1 heteroatoms. The quantitative estimate of drug-likeness (QED) is 0.231. The minimum atomic E-state index is 0.977. The van der Waals surface area contributed by atoms with E-state index in [2.05, 4.69) is 111 Å². The van der Waals surface area contributed by atoms with Gasteiger partial charge in [0.1, 0.15) is 0 Å². The lowest BCUT2D eigenvalue weighted by Gasteiger charge is -2.11. The number of aryl methyl sites for hydroxylation is 2. The Bertz CT molecular complexity index is 1150. The van der Waals surface area contributed by atoms with Crippen molar-refractivity contribution < 1.29 is 0 Å². The first kappa shape index (κ1) is 23.4. The Morgan fingerprint density at radius 1 is 0.455 bits per heavy atom. The monoisotopic (exact) mass is 450 g/mol. The summed E-state index contributed by atoms with van der Waals surface area (Å²) in [5, 5.41) is 0. The second-order valence-corrected chi connectivity index (χ2v) is 9.68. The van der Waals surface area contributed by atoms with Gasteiger partial charge in [-0.1, -0.05) is 98.8 Å². The highest BCUT2D eigenvalue weighted by Crippen LogP contribution is 2.26. The Morgan fingerprint density at radius 2 is 0.818 bits per heavy atom. The van der Waals surface area contributed by atoms with Gasteiger partial charge in [0, 0.05) is 4.90 Å². The standard InChI is InChI=1S/C32H34S/c1-4-24-6-10-26(11-7-24)20-27-14-16-28(17-15-27)21-30-18-19-31(32(23-30)33-3)22-29-12-8-25(5-2)9-13-29/h6-19,23H,4-5,20-22H2,1-3H3. The molecule has 0 aliphatic heterocycles. The van der Waals surface area contributed by atoms with E-state index in [9.17, 15) is 0 Å². The largest absolute Gasteiger partial charge is 0.129 e. The van der Waals surface area contributed by atoms with Crippen LogP contribution in [0.4, 0.5) is 0 Å². The molecule has 0 unspecified atom stereocenters. The van der Waals surface area contributed by atoms with Crippen LogP contribution in [0.3, 0.4) is 0 Å². The van der Waals surface area contributed by atoms with Gasteiger partial charge in [-0.2, -0.15) is 0 Å². The molecule has 0 fully saturated rings. The van der Waals surface area contributed by atoms with Gasteiger partial charge in [-0.05, 0) is 88.9 Å². The highest BCUT2D eigenvalue weighted by molar-refractivity contribution is 7.98. The first-order valence-corrected chi connectivity index (χ1v) is 13.3. The SMILES string of the molecule is CCc1ccc(Cc2ccc(Cc3ccc(Cc4ccc(CC)cc4)c(SC)c3)cc2)cc1. The normalized spacial score (nSPS) is 11.0. The highest BCUT2D eigenvalue weighted by Gasteiger charge is 2.07. The van der Waals surface area contributed by atoms with Crippen molar-refractivity contribution in [3.8, 4) is 0 Å². The lowest BCUT2D eigenvalue weighted by Crippen LogP contribution is -1.95. The van der Waals surface area contributed by atoms with Crippen LogP contribution in [0.25, 0.3) is 0 Å². The van der Waals surface area contributed by atoms with Crippen molar-refractivity contribution in [2.75, 3.05) is 6.26 Å². The Hall–Kier alpha value is -2.77. The summed E-state index contributed by atoms with van der Waals surface area (Å²) < 4.78 is 0. The molecule has 0 saturated heterocycles. The van der Waals surface area contributed by atoms with Gasteiger partial charge >= 0.3 is 0 Å². The summed E-state index contributed by atoms with van der Waals surface area (Å²) in [6.45, 7) is 4.41. The van der Waals surface area contributed by atoms with Crippen molar-refractivity contribution in [3.63, 3.8) is 0 Å². The van der Waals surface area contributed by atoms with E-state index in [-0.39, 0.29) is 0 Å². The van der Waals surface area contributed by atoms with Crippen LogP contribution in [0.15, 0.2) is 95.9 Å². The van der Waals surface area contributed by atoms with Crippen LogP contribution in [-0.4, -0.2) is 6.26 Å². The molecule has 33 heavy (non-hydrogen) atoms. The molecule has 0 heterocycles. The third-order valence-corrected chi connectivity index (χ3v) is 7.27. The molecule has 0 aromatic heterocycles. The maximum atomic E-state index is 2.38. The van der Waals surface area contributed by atoms with Crippen LogP contribution in [-0.2, 0) is 32.1 Å². The molecule has 0 aliphatic rings. The number of hydrogen-bond donors (Lipinski definition) is 0. The van der Waals surface area contributed by atoms with Crippen LogP contribution < -0.4 is 0 Å².